The lowest BCUT2D eigenvalue weighted by Crippen LogP contribution is -2.31. The fourth-order valence-electron chi connectivity index (χ4n) is 3.69. The summed E-state index contributed by atoms with van der Waals surface area (Å²) < 4.78 is 5.78. The minimum Gasteiger partial charge on any atom is -0.491 e. The molecule has 1 aromatic heterocycles. The molecular weight excluding hydrogens is 360 g/mol. The molecular formula is C24H26N4O. The summed E-state index contributed by atoms with van der Waals surface area (Å²) in [6, 6.07) is 17.9. The van der Waals surface area contributed by atoms with Crippen molar-refractivity contribution in [2.24, 2.45) is 0 Å². The Kier molecular flexibility index (Phi) is 5.21. The van der Waals surface area contributed by atoms with E-state index in [-0.39, 0.29) is 6.10 Å². The number of nitrogens with zero attached hydrogens (tertiary/aromatic N) is 2. The summed E-state index contributed by atoms with van der Waals surface area (Å²) in [5.41, 5.74) is 11.3. The highest BCUT2D eigenvalue weighted by Gasteiger charge is 2.18. The zero-order chi connectivity index (χ0) is 20.4. The van der Waals surface area contributed by atoms with Gasteiger partial charge in [0, 0.05) is 36.1 Å². The summed E-state index contributed by atoms with van der Waals surface area (Å²) in [4.78, 5) is 6.83. The van der Waals surface area contributed by atoms with Crippen LogP contribution in [-0.2, 0) is 13.0 Å². The number of aromatic nitrogens is 1. The number of fused-ring (bicyclic) bond motifs is 1. The molecule has 2 heterocycles. The molecule has 0 radical (unpaired) electrons. The van der Waals surface area contributed by atoms with Crippen LogP contribution in [0.15, 0.2) is 60.8 Å². The summed E-state index contributed by atoms with van der Waals surface area (Å²) in [5.74, 6) is 1.60. The van der Waals surface area contributed by atoms with Crippen molar-refractivity contribution in [3.8, 4) is 5.75 Å². The van der Waals surface area contributed by atoms with Crippen molar-refractivity contribution >= 4 is 17.2 Å². The second kappa shape index (κ2) is 7.95. The Morgan fingerprint density at radius 2 is 1.90 bits per heavy atom. The van der Waals surface area contributed by atoms with Gasteiger partial charge in [0.15, 0.2) is 0 Å². The van der Waals surface area contributed by atoms with Gasteiger partial charge in [0.1, 0.15) is 11.6 Å². The Bertz CT molecular complexity index is 1040. The molecule has 0 spiro atoms. The number of rotatable bonds is 5. The maximum Gasteiger partial charge on any atom is 0.129 e. The van der Waals surface area contributed by atoms with Crippen molar-refractivity contribution in [2.45, 2.75) is 32.9 Å². The van der Waals surface area contributed by atoms with Crippen LogP contribution in [-0.4, -0.2) is 23.3 Å². The Hall–Kier alpha value is -3.34. The summed E-state index contributed by atoms with van der Waals surface area (Å²) in [7, 11) is 0. The predicted molar refractivity (Wildman–Crippen MR) is 118 cm³/mol. The summed E-state index contributed by atoms with van der Waals surface area (Å²) in [6.45, 7) is 5.71. The quantitative estimate of drug-likeness (QED) is 0.502. The van der Waals surface area contributed by atoms with E-state index in [4.69, 9.17) is 15.9 Å². The van der Waals surface area contributed by atoms with E-state index in [2.05, 4.69) is 34.1 Å². The van der Waals surface area contributed by atoms with E-state index in [1.165, 1.54) is 11.1 Å². The number of benzene rings is 2. The highest BCUT2D eigenvalue weighted by Crippen LogP contribution is 2.26. The fourth-order valence-corrected chi connectivity index (χ4v) is 3.69. The van der Waals surface area contributed by atoms with Gasteiger partial charge in [-0.25, -0.2) is 4.98 Å². The standard InChI is InChI=1S/C24H26N4O/c1-16(2)29-20-7-8-22(25)21(14-20)24(26)18-9-11-27-23(13-18)28-12-10-17-5-3-4-6-19(17)15-28/h3-9,11,13-14,16,26H,10,12,15,25H2,1-2H3. The third kappa shape index (κ3) is 4.09. The number of nitrogens with one attached hydrogen (secondary N) is 1. The largest absolute Gasteiger partial charge is 0.491 e. The predicted octanol–water partition coefficient (Wildman–Crippen LogP) is 4.43. The number of hydrogen-bond acceptors (Lipinski definition) is 5. The summed E-state index contributed by atoms with van der Waals surface area (Å²) in [5, 5.41) is 8.74. The molecule has 0 atom stereocenters. The van der Waals surface area contributed by atoms with E-state index >= 15 is 0 Å². The van der Waals surface area contributed by atoms with Gasteiger partial charge in [0.2, 0.25) is 0 Å². The van der Waals surface area contributed by atoms with E-state index in [1.54, 1.807) is 12.3 Å². The number of ether oxygens (including phenoxy) is 1. The smallest absolute Gasteiger partial charge is 0.129 e. The van der Waals surface area contributed by atoms with Crippen molar-refractivity contribution in [3.05, 3.63) is 83.0 Å². The fraction of sp³-hybridized carbons (Fsp3) is 0.250. The molecule has 0 aliphatic carbocycles. The third-order valence-electron chi connectivity index (χ3n) is 5.15. The van der Waals surface area contributed by atoms with Gasteiger partial charge in [0.05, 0.1) is 11.8 Å². The number of anilines is 2. The molecule has 3 aromatic rings. The van der Waals surface area contributed by atoms with Crippen molar-refractivity contribution < 1.29 is 4.74 Å². The molecule has 0 saturated heterocycles. The van der Waals surface area contributed by atoms with Crippen LogP contribution in [0.1, 0.15) is 36.1 Å². The Balaban J connectivity index is 1.60. The second-order valence-electron chi connectivity index (χ2n) is 7.63. The van der Waals surface area contributed by atoms with Gasteiger partial charge in [-0.1, -0.05) is 24.3 Å². The second-order valence-corrected chi connectivity index (χ2v) is 7.63. The first-order valence-electron chi connectivity index (χ1n) is 9.94. The van der Waals surface area contributed by atoms with Gasteiger partial charge in [-0.15, -0.1) is 0 Å². The molecule has 29 heavy (non-hydrogen) atoms. The van der Waals surface area contributed by atoms with Crippen molar-refractivity contribution in [3.63, 3.8) is 0 Å². The van der Waals surface area contributed by atoms with Crippen LogP contribution in [0, 0.1) is 5.41 Å². The van der Waals surface area contributed by atoms with Gasteiger partial charge in [-0.3, -0.25) is 5.41 Å². The van der Waals surface area contributed by atoms with Gasteiger partial charge >= 0.3 is 0 Å². The van der Waals surface area contributed by atoms with E-state index in [1.807, 2.05) is 38.1 Å². The van der Waals surface area contributed by atoms with Crippen molar-refractivity contribution in [1.82, 2.24) is 4.98 Å². The molecule has 0 fully saturated rings. The van der Waals surface area contributed by atoms with Crippen LogP contribution in [0.2, 0.25) is 0 Å². The van der Waals surface area contributed by atoms with E-state index in [0.717, 1.165) is 36.6 Å². The molecule has 0 unspecified atom stereocenters. The first-order chi connectivity index (χ1) is 14.0. The van der Waals surface area contributed by atoms with Crippen LogP contribution >= 0.6 is 0 Å². The SMILES string of the molecule is CC(C)Oc1ccc(N)c(C(=N)c2ccnc(N3CCc4ccccc4C3)c2)c1. The lowest BCUT2D eigenvalue weighted by Gasteiger charge is -2.30. The lowest BCUT2D eigenvalue weighted by molar-refractivity contribution is 0.242. The lowest BCUT2D eigenvalue weighted by atomic mass is 9.99. The maximum atomic E-state index is 8.74. The molecule has 5 nitrogen and oxygen atoms in total. The Morgan fingerprint density at radius 3 is 2.69 bits per heavy atom. The van der Waals surface area contributed by atoms with Crippen LogP contribution in [0.5, 0.6) is 5.75 Å². The van der Waals surface area contributed by atoms with E-state index < -0.39 is 0 Å². The maximum absolute atomic E-state index is 8.74. The van der Waals surface area contributed by atoms with E-state index in [0.29, 0.717) is 17.0 Å². The minimum atomic E-state index is 0.0650. The van der Waals surface area contributed by atoms with Crippen molar-refractivity contribution in [2.75, 3.05) is 17.2 Å². The molecule has 0 amide bonds. The highest BCUT2D eigenvalue weighted by molar-refractivity contribution is 6.14. The molecule has 3 N–H and O–H groups in total. The molecule has 0 saturated carbocycles. The van der Waals surface area contributed by atoms with Crippen molar-refractivity contribution in [1.29, 1.82) is 5.41 Å². The van der Waals surface area contributed by atoms with Gasteiger partial charge in [0.25, 0.3) is 0 Å². The number of hydrogen-bond donors (Lipinski definition) is 2. The molecule has 2 aromatic carbocycles. The Labute approximate surface area is 171 Å². The zero-order valence-electron chi connectivity index (χ0n) is 16.9. The average Bonchev–Trinajstić information content (AvgIpc) is 2.74. The van der Waals surface area contributed by atoms with E-state index in [9.17, 15) is 0 Å². The normalized spacial score (nSPS) is 13.3. The molecule has 1 aliphatic heterocycles. The van der Waals surface area contributed by atoms with Gasteiger partial charge in [-0.05, 0) is 61.7 Å². The first kappa shape index (κ1) is 19.0. The van der Waals surface area contributed by atoms with Crippen LogP contribution in [0.3, 0.4) is 0 Å². The van der Waals surface area contributed by atoms with Crippen LogP contribution in [0.25, 0.3) is 0 Å². The summed E-state index contributed by atoms with van der Waals surface area (Å²) >= 11 is 0. The number of nitrogens with two attached hydrogens (primary N) is 1. The third-order valence-corrected chi connectivity index (χ3v) is 5.15. The summed E-state index contributed by atoms with van der Waals surface area (Å²) in [6.07, 6.45) is 2.83. The molecule has 148 valence electrons. The molecule has 0 bridgehead atoms. The van der Waals surface area contributed by atoms with Crippen LogP contribution in [0.4, 0.5) is 11.5 Å². The average molecular weight is 386 g/mol. The van der Waals surface area contributed by atoms with Gasteiger partial charge in [-0.2, -0.15) is 0 Å². The Morgan fingerprint density at radius 1 is 1.10 bits per heavy atom. The monoisotopic (exact) mass is 386 g/mol. The topological polar surface area (TPSA) is 75.2 Å². The molecule has 5 heteroatoms. The molecule has 1 aliphatic rings. The molecule has 4 rings (SSSR count). The number of nitrogen functional groups attached to an aromatic ring is 1. The van der Waals surface area contributed by atoms with Crippen LogP contribution < -0.4 is 15.4 Å². The minimum absolute atomic E-state index is 0.0650. The first-order valence-corrected chi connectivity index (χ1v) is 9.94. The highest BCUT2D eigenvalue weighted by atomic mass is 16.5. The zero-order valence-corrected chi connectivity index (χ0v) is 16.9. The number of pyridine rings is 1. The van der Waals surface area contributed by atoms with Gasteiger partial charge < -0.3 is 15.4 Å².